The van der Waals surface area contributed by atoms with Crippen LogP contribution < -0.4 is 16.6 Å². The number of carbonyl (C=O) groups is 1. The third kappa shape index (κ3) is 1.43. The number of carboxylic acid groups (broad SMARTS) is 1. The first-order valence-corrected chi connectivity index (χ1v) is 4.61. The van der Waals surface area contributed by atoms with Gasteiger partial charge >= 0.3 is 5.97 Å². The fourth-order valence-electron chi connectivity index (χ4n) is 1.70. The Kier molecular flexibility index (Phi) is 2.11. The Hall–Kier alpha value is -1.98. The Bertz CT molecular complexity index is 478. The van der Waals surface area contributed by atoms with Crippen LogP contribution in [0.15, 0.2) is 10.9 Å². The van der Waals surface area contributed by atoms with Gasteiger partial charge in [0.15, 0.2) is 0 Å². The second-order valence-electron chi connectivity index (χ2n) is 3.40. The molecule has 1 aromatic rings. The number of aromatic nitrogens is 1. The van der Waals surface area contributed by atoms with Gasteiger partial charge in [-0.15, -0.1) is 0 Å². The monoisotopic (exact) mass is 209 g/mol. The van der Waals surface area contributed by atoms with Gasteiger partial charge in [-0.3, -0.25) is 9.36 Å². The van der Waals surface area contributed by atoms with Gasteiger partial charge in [-0.25, -0.2) is 4.79 Å². The minimum atomic E-state index is -1.18. The van der Waals surface area contributed by atoms with Crippen LogP contribution in [-0.2, 0) is 6.54 Å². The summed E-state index contributed by atoms with van der Waals surface area (Å²) in [6.45, 7) is 1.28. The number of nitrogen functional groups attached to an aromatic ring is 1. The number of nitrogens with one attached hydrogen (secondary N) is 1. The molecular weight excluding hydrogens is 198 g/mol. The molecule has 1 aliphatic rings. The second kappa shape index (κ2) is 3.30. The Labute approximate surface area is 85.3 Å². The summed E-state index contributed by atoms with van der Waals surface area (Å²) < 4.78 is 1.46. The first-order valence-electron chi connectivity index (χ1n) is 4.61. The van der Waals surface area contributed by atoms with Gasteiger partial charge in [-0.1, -0.05) is 0 Å². The number of carboxylic acids is 1. The molecule has 0 fully saturated rings. The van der Waals surface area contributed by atoms with Gasteiger partial charge in [0.2, 0.25) is 0 Å². The molecule has 0 atom stereocenters. The van der Waals surface area contributed by atoms with E-state index in [4.69, 9.17) is 10.8 Å². The lowest BCUT2D eigenvalue weighted by molar-refractivity contribution is 0.0697. The lowest BCUT2D eigenvalue weighted by Gasteiger charge is -2.22. The molecule has 0 unspecified atom stereocenters. The van der Waals surface area contributed by atoms with Crippen molar-refractivity contribution in [2.45, 2.75) is 13.0 Å². The van der Waals surface area contributed by atoms with Crippen LogP contribution in [0.4, 0.5) is 11.5 Å². The predicted molar refractivity (Wildman–Crippen MR) is 55.2 cm³/mol. The molecule has 2 rings (SSSR count). The number of fused-ring (bicyclic) bond motifs is 1. The lowest BCUT2D eigenvalue weighted by atomic mass is 10.2. The average Bonchev–Trinajstić information content (AvgIpc) is 2.23. The first kappa shape index (κ1) is 9.57. The van der Waals surface area contributed by atoms with Gasteiger partial charge < -0.3 is 16.2 Å². The van der Waals surface area contributed by atoms with Crippen molar-refractivity contribution in [3.8, 4) is 0 Å². The molecule has 0 bridgehead atoms. The fourth-order valence-corrected chi connectivity index (χ4v) is 1.70. The van der Waals surface area contributed by atoms with Crippen LogP contribution in [-0.4, -0.2) is 22.2 Å². The number of rotatable bonds is 1. The fraction of sp³-hybridized carbons (Fsp3) is 0.333. The standard InChI is InChI=1S/C9H11N3O3/c10-7-5(9(14)15)4-6(13)12-3-1-2-11-8(7)12/h4,11H,1-3,10H2,(H,14,15). The highest BCUT2D eigenvalue weighted by atomic mass is 16.4. The molecule has 2 heterocycles. The largest absolute Gasteiger partial charge is 0.478 e. The molecule has 6 nitrogen and oxygen atoms in total. The number of hydrogen-bond donors (Lipinski definition) is 3. The quantitative estimate of drug-likeness (QED) is 0.602. The van der Waals surface area contributed by atoms with Crippen LogP contribution in [0.2, 0.25) is 0 Å². The molecule has 15 heavy (non-hydrogen) atoms. The molecule has 0 aromatic carbocycles. The lowest BCUT2D eigenvalue weighted by Crippen LogP contribution is -2.31. The normalized spacial score (nSPS) is 14.1. The Morgan fingerprint density at radius 1 is 1.60 bits per heavy atom. The van der Waals surface area contributed by atoms with Crippen LogP contribution in [0, 0.1) is 0 Å². The van der Waals surface area contributed by atoms with Gasteiger partial charge in [0.25, 0.3) is 5.56 Å². The Balaban J connectivity index is 2.70. The molecule has 6 heteroatoms. The van der Waals surface area contributed by atoms with Crippen molar-refractivity contribution < 1.29 is 9.90 Å². The average molecular weight is 209 g/mol. The molecule has 0 saturated carbocycles. The molecule has 80 valence electrons. The maximum absolute atomic E-state index is 11.5. The van der Waals surface area contributed by atoms with E-state index in [1.165, 1.54) is 4.57 Å². The van der Waals surface area contributed by atoms with E-state index >= 15 is 0 Å². The second-order valence-corrected chi connectivity index (χ2v) is 3.40. The van der Waals surface area contributed by atoms with Crippen molar-refractivity contribution in [2.24, 2.45) is 0 Å². The van der Waals surface area contributed by atoms with Crippen LogP contribution in [0.3, 0.4) is 0 Å². The van der Waals surface area contributed by atoms with E-state index < -0.39 is 5.97 Å². The van der Waals surface area contributed by atoms with Crippen molar-refractivity contribution in [2.75, 3.05) is 17.6 Å². The summed E-state index contributed by atoms with van der Waals surface area (Å²) in [5, 5.41) is 11.8. The Morgan fingerprint density at radius 3 is 3.00 bits per heavy atom. The van der Waals surface area contributed by atoms with E-state index in [0.29, 0.717) is 18.9 Å². The number of nitrogens with two attached hydrogens (primary N) is 1. The maximum atomic E-state index is 11.5. The van der Waals surface area contributed by atoms with Crippen LogP contribution in [0.25, 0.3) is 0 Å². The number of anilines is 2. The molecule has 1 aromatic heterocycles. The summed E-state index contributed by atoms with van der Waals surface area (Å²) in [6, 6.07) is 1.06. The molecular formula is C9H11N3O3. The van der Waals surface area contributed by atoms with Crippen LogP contribution in [0.5, 0.6) is 0 Å². The van der Waals surface area contributed by atoms with Gasteiger partial charge in [-0.05, 0) is 6.42 Å². The highest BCUT2D eigenvalue weighted by Crippen LogP contribution is 2.23. The van der Waals surface area contributed by atoms with E-state index in [9.17, 15) is 9.59 Å². The third-order valence-electron chi connectivity index (χ3n) is 2.43. The number of aromatic carboxylic acids is 1. The molecule has 0 amide bonds. The number of nitrogens with zero attached hydrogens (tertiary/aromatic N) is 1. The smallest absolute Gasteiger partial charge is 0.338 e. The predicted octanol–water partition coefficient (Wildman–Crippen LogP) is -0.0557. The van der Waals surface area contributed by atoms with Crippen molar-refractivity contribution in [3.63, 3.8) is 0 Å². The van der Waals surface area contributed by atoms with E-state index in [1.807, 2.05) is 0 Å². The summed E-state index contributed by atoms with van der Waals surface area (Å²) in [5.41, 5.74) is 5.33. The number of pyridine rings is 1. The van der Waals surface area contributed by atoms with Crippen molar-refractivity contribution in [1.82, 2.24) is 4.57 Å². The van der Waals surface area contributed by atoms with Crippen LogP contribution in [0.1, 0.15) is 16.8 Å². The molecule has 0 aliphatic carbocycles. The summed E-state index contributed by atoms with van der Waals surface area (Å²) in [6.07, 6.45) is 0.832. The highest BCUT2D eigenvalue weighted by Gasteiger charge is 2.19. The molecule has 0 spiro atoms. The zero-order valence-electron chi connectivity index (χ0n) is 7.99. The molecule has 4 N–H and O–H groups in total. The van der Waals surface area contributed by atoms with E-state index in [-0.39, 0.29) is 16.8 Å². The first-order chi connectivity index (χ1) is 7.11. The van der Waals surface area contributed by atoms with E-state index in [1.54, 1.807) is 0 Å². The highest BCUT2D eigenvalue weighted by molar-refractivity contribution is 5.96. The summed E-state index contributed by atoms with van der Waals surface area (Å²) in [7, 11) is 0. The zero-order valence-corrected chi connectivity index (χ0v) is 7.99. The molecule has 1 aliphatic heterocycles. The SMILES string of the molecule is Nc1c(C(=O)O)cc(=O)n2c1NCCC2. The van der Waals surface area contributed by atoms with Gasteiger partial charge in [-0.2, -0.15) is 0 Å². The summed E-state index contributed by atoms with van der Waals surface area (Å²) in [4.78, 5) is 22.3. The van der Waals surface area contributed by atoms with Crippen molar-refractivity contribution in [3.05, 3.63) is 22.0 Å². The van der Waals surface area contributed by atoms with Crippen molar-refractivity contribution >= 4 is 17.5 Å². The third-order valence-corrected chi connectivity index (χ3v) is 2.43. The van der Waals surface area contributed by atoms with Gasteiger partial charge in [0.1, 0.15) is 5.82 Å². The molecule has 0 radical (unpaired) electrons. The van der Waals surface area contributed by atoms with Gasteiger partial charge in [0.05, 0.1) is 11.3 Å². The minimum absolute atomic E-state index is 0.127. The number of hydrogen-bond acceptors (Lipinski definition) is 4. The van der Waals surface area contributed by atoms with E-state index in [2.05, 4.69) is 5.32 Å². The molecule has 0 saturated heterocycles. The maximum Gasteiger partial charge on any atom is 0.338 e. The zero-order chi connectivity index (χ0) is 11.0. The van der Waals surface area contributed by atoms with Crippen molar-refractivity contribution in [1.29, 1.82) is 0 Å². The minimum Gasteiger partial charge on any atom is -0.478 e. The van der Waals surface area contributed by atoms with Crippen LogP contribution >= 0.6 is 0 Å². The Morgan fingerprint density at radius 2 is 2.33 bits per heavy atom. The summed E-state index contributed by atoms with van der Waals surface area (Å²) >= 11 is 0. The topological polar surface area (TPSA) is 97.4 Å². The van der Waals surface area contributed by atoms with E-state index in [0.717, 1.165) is 12.5 Å². The van der Waals surface area contributed by atoms with Gasteiger partial charge in [0, 0.05) is 19.2 Å². The summed E-state index contributed by atoms with van der Waals surface area (Å²) in [5.74, 6) is -0.758.